The summed E-state index contributed by atoms with van der Waals surface area (Å²) in [6.07, 6.45) is 6.98. The first kappa shape index (κ1) is 17.4. The van der Waals surface area contributed by atoms with E-state index in [9.17, 15) is 10.1 Å². The van der Waals surface area contributed by atoms with Gasteiger partial charge < -0.3 is 9.88 Å². The zero-order chi connectivity index (χ0) is 18.5. The van der Waals surface area contributed by atoms with Crippen molar-refractivity contribution in [2.24, 2.45) is 0 Å². The van der Waals surface area contributed by atoms with Gasteiger partial charge in [0, 0.05) is 31.3 Å². The first-order chi connectivity index (χ1) is 12.6. The van der Waals surface area contributed by atoms with Crippen molar-refractivity contribution in [3.63, 3.8) is 0 Å². The van der Waals surface area contributed by atoms with E-state index in [1.54, 1.807) is 30.7 Å². The van der Waals surface area contributed by atoms with Crippen LogP contribution in [0, 0.1) is 11.3 Å². The van der Waals surface area contributed by atoms with Crippen LogP contribution in [0.2, 0.25) is 0 Å². The number of aromatic nitrogens is 3. The summed E-state index contributed by atoms with van der Waals surface area (Å²) in [6, 6.07) is 11.2. The molecular weight excluding hydrogens is 326 g/mol. The van der Waals surface area contributed by atoms with Gasteiger partial charge in [0.15, 0.2) is 5.82 Å². The van der Waals surface area contributed by atoms with Crippen molar-refractivity contribution in [2.45, 2.75) is 26.3 Å². The molecule has 1 amide bonds. The van der Waals surface area contributed by atoms with Gasteiger partial charge >= 0.3 is 0 Å². The Kier molecular flexibility index (Phi) is 5.09. The van der Waals surface area contributed by atoms with Crippen LogP contribution >= 0.6 is 0 Å². The number of rotatable bonds is 5. The minimum Gasteiger partial charge on any atom is -0.339 e. The maximum Gasteiger partial charge on any atom is 0.273 e. The van der Waals surface area contributed by atoms with Crippen LogP contribution in [0.5, 0.6) is 0 Å². The highest BCUT2D eigenvalue weighted by Crippen LogP contribution is 2.20. The molecule has 3 aromatic heterocycles. The highest BCUT2D eigenvalue weighted by molar-refractivity contribution is 6.03. The second-order valence-electron chi connectivity index (χ2n) is 6.26. The van der Waals surface area contributed by atoms with Gasteiger partial charge in [-0.25, -0.2) is 4.98 Å². The van der Waals surface area contributed by atoms with Gasteiger partial charge in [-0.05, 0) is 47.4 Å². The van der Waals surface area contributed by atoms with Gasteiger partial charge in [0.2, 0.25) is 0 Å². The zero-order valence-electron chi connectivity index (χ0n) is 14.7. The van der Waals surface area contributed by atoms with Gasteiger partial charge in [-0.1, -0.05) is 13.8 Å². The third kappa shape index (κ3) is 3.78. The fourth-order valence-corrected chi connectivity index (χ4v) is 2.60. The average molecular weight is 345 g/mol. The molecule has 6 nitrogen and oxygen atoms in total. The van der Waals surface area contributed by atoms with E-state index in [2.05, 4.69) is 21.4 Å². The molecule has 0 aliphatic heterocycles. The van der Waals surface area contributed by atoms with Crippen molar-refractivity contribution in [3.8, 4) is 6.07 Å². The van der Waals surface area contributed by atoms with Crippen molar-refractivity contribution in [3.05, 3.63) is 77.5 Å². The lowest BCUT2D eigenvalue weighted by Crippen LogP contribution is -2.18. The smallest absolute Gasteiger partial charge is 0.273 e. The average Bonchev–Trinajstić information content (AvgIpc) is 3.11. The number of hydrogen-bond donors (Lipinski definition) is 1. The second-order valence-corrected chi connectivity index (χ2v) is 6.26. The van der Waals surface area contributed by atoms with Gasteiger partial charge in [-0.2, -0.15) is 5.26 Å². The number of nitrogens with zero attached hydrogens (tertiary/aromatic N) is 4. The van der Waals surface area contributed by atoms with E-state index in [0.717, 1.165) is 11.1 Å². The molecule has 0 bridgehead atoms. The molecule has 0 aromatic carbocycles. The first-order valence-electron chi connectivity index (χ1n) is 8.34. The standard InChI is InChI=1S/C20H19N5O/c1-14(2)17-10-16(11-21)19(23-12-17)24-20(26)18-4-3-9-25(18)13-15-5-7-22-8-6-15/h3-10,12,14H,13H2,1-2H3,(H,23,24,26). The Balaban J connectivity index is 1.82. The summed E-state index contributed by atoms with van der Waals surface area (Å²) in [5.41, 5.74) is 2.86. The minimum absolute atomic E-state index is 0.261. The summed E-state index contributed by atoms with van der Waals surface area (Å²) in [5, 5.41) is 12.1. The molecule has 0 aliphatic carbocycles. The normalized spacial score (nSPS) is 10.5. The molecule has 0 unspecified atom stereocenters. The molecule has 0 spiro atoms. The van der Waals surface area contributed by atoms with Gasteiger partial charge in [0.05, 0.1) is 5.56 Å². The lowest BCUT2D eigenvalue weighted by Gasteiger charge is -2.12. The molecule has 0 saturated heterocycles. The highest BCUT2D eigenvalue weighted by atomic mass is 16.2. The van der Waals surface area contributed by atoms with E-state index >= 15 is 0 Å². The summed E-state index contributed by atoms with van der Waals surface area (Å²) in [7, 11) is 0. The number of amides is 1. The van der Waals surface area contributed by atoms with Gasteiger partial charge in [-0.3, -0.25) is 9.78 Å². The summed E-state index contributed by atoms with van der Waals surface area (Å²) in [6.45, 7) is 4.62. The van der Waals surface area contributed by atoms with Crippen molar-refractivity contribution in [1.82, 2.24) is 14.5 Å². The molecule has 3 aromatic rings. The number of pyridine rings is 2. The Morgan fingerprint density at radius 2 is 2.08 bits per heavy atom. The van der Waals surface area contributed by atoms with Crippen LogP contribution in [0.25, 0.3) is 0 Å². The second kappa shape index (κ2) is 7.62. The highest BCUT2D eigenvalue weighted by Gasteiger charge is 2.15. The van der Waals surface area contributed by atoms with Crippen LogP contribution < -0.4 is 5.32 Å². The number of nitriles is 1. The van der Waals surface area contributed by atoms with Crippen LogP contribution in [0.15, 0.2) is 55.1 Å². The summed E-state index contributed by atoms with van der Waals surface area (Å²) in [4.78, 5) is 20.9. The molecule has 6 heteroatoms. The van der Waals surface area contributed by atoms with E-state index in [-0.39, 0.29) is 17.6 Å². The topological polar surface area (TPSA) is 83.6 Å². The van der Waals surface area contributed by atoms with Gasteiger partial charge in [0.1, 0.15) is 11.8 Å². The van der Waals surface area contributed by atoms with Crippen LogP contribution in [0.3, 0.4) is 0 Å². The van der Waals surface area contributed by atoms with Crippen LogP contribution in [-0.4, -0.2) is 20.4 Å². The summed E-state index contributed by atoms with van der Waals surface area (Å²) in [5.74, 6) is 0.237. The molecule has 26 heavy (non-hydrogen) atoms. The SMILES string of the molecule is CC(C)c1cnc(NC(=O)c2cccn2Cc2ccncc2)c(C#N)c1. The lowest BCUT2D eigenvalue weighted by molar-refractivity contribution is 0.101. The van der Waals surface area contributed by atoms with Crippen molar-refractivity contribution >= 4 is 11.7 Å². The Morgan fingerprint density at radius 1 is 1.31 bits per heavy atom. The fraction of sp³-hybridized carbons (Fsp3) is 0.200. The molecule has 3 heterocycles. The molecule has 3 rings (SSSR count). The number of carbonyl (C=O) groups is 1. The molecule has 0 saturated carbocycles. The minimum atomic E-state index is -0.301. The van der Waals surface area contributed by atoms with E-state index in [1.807, 2.05) is 42.8 Å². The molecule has 0 aliphatic rings. The van der Waals surface area contributed by atoms with Crippen molar-refractivity contribution < 1.29 is 4.79 Å². The maximum absolute atomic E-state index is 12.7. The van der Waals surface area contributed by atoms with Crippen LogP contribution in [0.1, 0.15) is 46.9 Å². The van der Waals surface area contributed by atoms with Gasteiger partial charge in [0.25, 0.3) is 5.91 Å². The van der Waals surface area contributed by atoms with Crippen LogP contribution in [0.4, 0.5) is 5.82 Å². The maximum atomic E-state index is 12.7. The van der Waals surface area contributed by atoms with E-state index in [1.165, 1.54) is 0 Å². The van der Waals surface area contributed by atoms with E-state index < -0.39 is 0 Å². The molecule has 0 radical (unpaired) electrons. The Hall–Kier alpha value is -3.46. The van der Waals surface area contributed by atoms with Crippen LogP contribution in [-0.2, 0) is 6.54 Å². The predicted molar refractivity (Wildman–Crippen MR) is 98.8 cm³/mol. The Bertz CT molecular complexity index is 954. The monoisotopic (exact) mass is 345 g/mol. The van der Waals surface area contributed by atoms with E-state index in [4.69, 9.17) is 0 Å². The molecule has 0 fully saturated rings. The summed E-state index contributed by atoms with van der Waals surface area (Å²) < 4.78 is 1.85. The fourth-order valence-electron chi connectivity index (χ4n) is 2.60. The number of anilines is 1. The quantitative estimate of drug-likeness (QED) is 0.766. The first-order valence-corrected chi connectivity index (χ1v) is 8.34. The Morgan fingerprint density at radius 3 is 2.77 bits per heavy atom. The number of nitrogens with one attached hydrogen (secondary N) is 1. The van der Waals surface area contributed by atoms with E-state index in [0.29, 0.717) is 17.8 Å². The third-order valence-corrected chi connectivity index (χ3v) is 4.09. The third-order valence-electron chi connectivity index (χ3n) is 4.09. The largest absolute Gasteiger partial charge is 0.339 e. The molecule has 130 valence electrons. The zero-order valence-corrected chi connectivity index (χ0v) is 14.7. The van der Waals surface area contributed by atoms with Crippen molar-refractivity contribution in [2.75, 3.05) is 5.32 Å². The molecule has 1 N–H and O–H groups in total. The molecule has 0 atom stereocenters. The lowest BCUT2D eigenvalue weighted by atomic mass is 10.0. The molecular formula is C20H19N5O. The predicted octanol–water partition coefficient (Wildman–Crippen LogP) is 3.57. The number of carbonyl (C=O) groups excluding carboxylic acids is 1. The number of hydrogen-bond acceptors (Lipinski definition) is 4. The van der Waals surface area contributed by atoms with Gasteiger partial charge in [-0.15, -0.1) is 0 Å². The summed E-state index contributed by atoms with van der Waals surface area (Å²) >= 11 is 0. The Labute approximate surface area is 152 Å². The van der Waals surface area contributed by atoms with Crippen molar-refractivity contribution in [1.29, 1.82) is 5.26 Å².